The van der Waals surface area contributed by atoms with Gasteiger partial charge in [0.2, 0.25) is 0 Å². The largest absolute Gasteiger partial charge is 0.496 e. The molecule has 1 aliphatic heterocycles. The first-order chi connectivity index (χ1) is 13.1. The zero-order valence-corrected chi connectivity index (χ0v) is 19.4. The molecule has 1 aromatic heterocycles. The highest BCUT2D eigenvalue weighted by molar-refractivity contribution is 14.0. The fourth-order valence-corrected chi connectivity index (χ4v) is 3.56. The zero-order valence-electron chi connectivity index (χ0n) is 17.0. The number of nitrogens with zero attached hydrogens (tertiary/aromatic N) is 3. The number of guanidine groups is 1. The van der Waals surface area contributed by atoms with E-state index >= 15 is 0 Å². The fraction of sp³-hybridized carbons (Fsp3) is 0.429. The number of pyridine rings is 1. The number of methoxy groups -OCH3 is 1. The number of aromatic nitrogens is 1. The minimum atomic E-state index is 0. The summed E-state index contributed by atoms with van der Waals surface area (Å²) in [6.07, 6.45) is 2.94. The SMILES string of the molecule is CN=C(NCc1ncc(C)c(OC)c1C)NC1CCN(c2ccccc2)C1.I. The highest BCUT2D eigenvalue weighted by Crippen LogP contribution is 2.24. The van der Waals surface area contributed by atoms with Gasteiger partial charge < -0.3 is 20.3 Å². The maximum atomic E-state index is 5.49. The third-order valence-electron chi connectivity index (χ3n) is 5.05. The van der Waals surface area contributed by atoms with Gasteiger partial charge in [-0.15, -0.1) is 24.0 Å². The van der Waals surface area contributed by atoms with Crippen LogP contribution in [0.25, 0.3) is 0 Å². The summed E-state index contributed by atoms with van der Waals surface area (Å²) < 4.78 is 5.49. The smallest absolute Gasteiger partial charge is 0.191 e. The standard InChI is InChI=1S/C21H29N5O.HI/c1-15-12-23-19(16(2)20(15)27-4)13-24-21(22-3)25-17-10-11-26(14-17)18-8-6-5-7-9-18;/h5-9,12,17H,10-11,13-14H2,1-4H3,(H2,22,24,25);1H. The van der Waals surface area contributed by atoms with E-state index in [0.29, 0.717) is 12.6 Å². The Hall–Kier alpha value is -2.03. The monoisotopic (exact) mass is 495 g/mol. The fourth-order valence-electron chi connectivity index (χ4n) is 3.56. The van der Waals surface area contributed by atoms with Crippen molar-refractivity contribution >= 4 is 35.6 Å². The van der Waals surface area contributed by atoms with Crippen LogP contribution in [0, 0.1) is 13.8 Å². The minimum Gasteiger partial charge on any atom is -0.496 e. The molecule has 0 bridgehead atoms. The van der Waals surface area contributed by atoms with Crippen molar-refractivity contribution in [3.05, 3.63) is 53.3 Å². The first-order valence-electron chi connectivity index (χ1n) is 9.38. The number of aliphatic imine (C=N–C) groups is 1. The number of rotatable bonds is 5. The van der Waals surface area contributed by atoms with Crippen molar-refractivity contribution in [2.75, 3.05) is 32.1 Å². The van der Waals surface area contributed by atoms with Gasteiger partial charge >= 0.3 is 0 Å². The van der Waals surface area contributed by atoms with E-state index in [4.69, 9.17) is 4.74 Å². The van der Waals surface area contributed by atoms with Crippen molar-refractivity contribution in [1.29, 1.82) is 0 Å². The molecule has 0 spiro atoms. The first-order valence-corrected chi connectivity index (χ1v) is 9.38. The third kappa shape index (κ3) is 5.27. The molecule has 0 amide bonds. The molecule has 2 aromatic rings. The summed E-state index contributed by atoms with van der Waals surface area (Å²) in [5.74, 6) is 1.70. The van der Waals surface area contributed by atoms with Crippen LogP contribution in [0.15, 0.2) is 41.5 Å². The van der Waals surface area contributed by atoms with Crippen molar-refractivity contribution in [3.8, 4) is 5.75 Å². The second-order valence-corrected chi connectivity index (χ2v) is 6.88. The lowest BCUT2D eigenvalue weighted by Crippen LogP contribution is -2.44. The lowest BCUT2D eigenvalue weighted by atomic mass is 10.1. The van der Waals surface area contributed by atoms with Crippen LogP contribution >= 0.6 is 24.0 Å². The van der Waals surface area contributed by atoms with Crippen LogP contribution in [0.1, 0.15) is 23.2 Å². The van der Waals surface area contributed by atoms with E-state index in [-0.39, 0.29) is 24.0 Å². The van der Waals surface area contributed by atoms with E-state index in [2.05, 4.69) is 55.8 Å². The highest BCUT2D eigenvalue weighted by Gasteiger charge is 2.23. The van der Waals surface area contributed by atoms with E-state index in [1.807, 2.05) is 20.0 Å². The molecule has 2 heterocycles. The van der Waals surface area contributed by atoms with E-state index < -0.39 is 0 Å². The Morgan fingerprint density at radius 1 is 1.29 bits per heavy atom. The molecular weight excluding hydrogens is 465 g/mol. The van der Waals surface area contributed by atoms with E-state index in [1.54, 1.807) is 14.2 Å². The van der Waals surface area contributed by atoms with Crippen LogP contribution in [-0.2, 0) is 6.54 Å². The van der Waals surface area contributed by atoms with Gasteiger partial charge in [0.15, 0.2) is 5.96 Å². The summed E-state index contributed by atoms with van der Waals surface area (Å²) in [5.41, 5.74) is 4.36. The number of hydrogen-bond acceptors (Lipinski definition) is 4. The van der Waals surface area contributed by atoms with Crippen LogP contribution in [0.2, 0.25) is 0 Å². The van der Waals surface area contributed by atoms with Gasteiger partial charge in [0.1, 0.15) is 5.75 Å². The van der Waals surface area contributed by atoms with Crippen molar-refractivity contribution in [3.63, 3.8) is 0 Å². The van der Waals surface area contributed by atoms with Gasteiger partial charge in [0.05, 0.1) is 19.3 Å². The number of anilines is 1. The quantitative estimate of drug-likeness (QED) is 0.379. The van der Waals surface area contributed by atoms with Gasteiger partial charge in [-0.25, -0.2) is 0 Å². The molecule has 28 heavy (non-hydrogen) atoms. The summed E-state index contributed by atoms with van der Waals surface area (Å²) in [4.78, 5) is 11.3. The number of benzene rings is 1. The molecule has 0 saturated carbocycles. The average molecular weight is 495 g/mol. The van der Waals surface area contributed by atoms with Gasteiger partial charge in [-0.1, -0.05) is 18.2 Å². The highest BCUT2D eigenvalue weighted by atomic mass is 127. The minimum absolute atomic E-state index is 0. The molecule has 1 saturated heterocycles. The molecule has 1 unspecified atom stereocenters. The molecule has 1 fully saturated rings. The Kier molecular flexibility index (Phi) is 8.35. The molecule has 3 rings (SSSR count). The maximum Gasteiger partial charge on any atom is 0.191 e. The second kappa shape index (κ2) is 10.5. The molecule has 0 aliphatic carbocycles. The van der Waals surface area contributed by atoms with Crippen LogP contribution in [0.5, 0.6) is 5.75 Å². The van der Waals surface area contributed by atoms with E-state index in [1.165, 1.54) is 5.69 Å². The number of ether oxygens (including phenoxy) is 1. The summed E-state index contributed by atoms with van der Waals surface area (Å²) in [6.45, 7) is 6.68. The molecule has 152 valence electrons. The Morgan fingerprint density at radius 2 is 2.04 bits per heavy atom. The van der Waals surface area contributed by atoms with Gasteiger partial charge in [-0.3, -0.25) is 9.98 Å². The van der Waals surface area contributed by atoms with Crippen LogP contribution < -0.4 is 20.3 Å². The number of hydrogen-bond donors (Lipinski definition) is 2. The normalized spacial score (nSPS) is 16.5. The molecule has 2 N–H and O–H groups in total. The summed E-state index contributed by atoms with van der Waals surface area (Å²) in [7, 11) is 3.50. The lowest BCUT2D eigenvalue weighted by molar-refractivity contribution is 0.406. The Balaban J connectivity index is 0.00000280. The number of halogens is 1. The summed E-state index contributed by atoms with van der Waals surface area (Å²) in [5, 5.41) is 6.91. The van der Waals surface area contributed by atoms with Crippen LogP contribution in [-0.4, -0.2) is 44.2 Å². The topological polar surface area (TPSA) is 61.8 Å². The predicted molar refractivity (Wildman–Crippen MR) is 126 cm³/mol. The molecule has 6 nitrogen and oxygen atoms in total. The third-order valence-corrected chi connectivity index (χ3v) is 5.05. The molecular formula is C21H30IN5O. The summed E-state index contributed by atoms with van der Waals surface area (Å²) >= 11 is 0. The van der Waals surface area contributed by atoms with Crippen LogP contribution in [0.3, 0.4) is 0 Å². The molecule has 1 aliphatic rings. The summed E-state index contributed by atoms with van der Waals surface area (Å²) in [6, 6.07) is 10.9. The van der Waals surface area contributed by atoms with Crippen LogP contribution in [0.4, 0.5) is 5.69 Å². The van der Waals surface area contributed by atoms with Gasteiger partial charge in [0, 0.05) is 49.2 Å². The Morgan fingerprint density at radius 3 is 2.71 bits per heavy atom. The van der Waals surface area contributed by atoms with Gasteiger partial charge in [-0.2, -0.15) is 0 Å². The van der Waals surface area contributed by atoms with Crippen molar-refractivity contribution in [2.24, 2.45) is 4.99 Å². The molecule has 0 radical (unpaired) electrons. The van der Waals surface area contributed by atoms with E-state index in [0.717, 1.165) is 48.0 Å². The predicted octanol–water partition coefficient (Wildman–Crippen LogP) is 3.27. The average Bonchev–Trinajstić information content (AvgIpc) is 3.16. The molecule has 1 atom stereocenters. The maximum absolute atomic E-state index is 5.49. The van der Waals surface area contributed by atoms with Crippen molar-refractivity contribution < 1.29 is 4.74 Å². The van der Waals surface area contributed by atoms with Gasteiger partial charge in [-0.05, 0) is 32.4 Å². The molecule has 1 aromatic carbocycles. The second-order valence-electron chi connectivity index (χ2n) is 6.88. The zero-order chi connectivity index (χ0) is 19.2. The Labute approximate surface area is 184 Å². The number of aryl methyl sites for hydroxylation is 1. The Bertz CT molecular complexity index is 797. The lowest BCUT2D eigenvalue weighted by Gasteiger charge is -2.20. The van der Waals surface area contributed by atoms with Gasteiger partial charge in [0.25, 0.3) is 0 Å². The number of nitrogens with one attached hydrogen (secondary N) is 2. The van der Waals surface area contributed by atoms with Crippen molar-refractivity contribution in [2.45, 2.75) is 32.9 Å². The number of para-hydroxylation sites is 1. The van der Waals surface area contributed by atoms with Crippen molar-refractivity contribution in [1.82, 2.24) is 15.6 Å². The molecule has 7 heteroatoms. The van der Waals surface area contributed by atoms with E-state index in [9.17, 15) is 0 Å². The first kappa shape index (κ1) is 22.3.